The first kappa shape index (κ1) is 30.9. The number of halogens is 1. The summed E-state index contributed by atoms with van der Waals surface area (Å²) in [6.45, 7) is 2.03. The summed E-state index contributed by atoms with van der Waals surface area (Å²) in [5.41, 5.74) is 3.43. The van der Waals surface area contributed by atoms with Gasteiger partial charge in [-0.15, -0.1) is 5.10 Å². The molecule has 0 aliphatic carbocycles. The van der Waals surface area contributed by atoms with Crippen molar-refractivity contribution in [3.8, 4) is 16.9 Å². The molecular formula is C29H31ClN8O5. The lowest BCUT2D eigenvalue weighted by molar-refractivity contribution is -0.140. The summed E-state index contributed by atoms with van der Waals surface area (Å²) in [6.07, 6.45) is 8.16. The fraction of sp³-hybridized carbons (Fsp3) is 0.276. The summed E-state index contributed by atoms with van der Waals surface area (Å²) in [5, 5.41) is 17.6. The molecule has 2 bridgehead atoms. The predicted octanol–water partition coefficient (Wildman–Crippen LogP) is 4.88. The second kappa shape index (κ2) is 15.3. The predicted molar refractivity (Wildman–Crippen MR) is 159 cm³/mol. The monoisotopic (exact) mass is 606 g/mol. The largest absolute Gasteiger partial charge is 0.469 e. The highest BCUT2D eigenvalue weighted by Gasteiger charge is 2.19. The third-order valence-corrected chi connectivity index (χ3v) is 6.57. The van der Waals surface area contributed by atoms with Gasteiger partial charge < -0.3 is 19.8 Å². The number of cyclic esters (lactones) is 1. The smallest absolute Gasteiger partial charge is 0.411 e. The first-order chi connectivity index (χ1) is 20.9. The zero-order chi connectivity index (χ0) is 30.6. The SMILES string of the molecule is CCC(=O)OC.O=C(/C=C/c1cc(Cl)ccc1-n1cnnn1)N[C@H]1CCCCOC(=O)Nc2ccccc2-c2cnc1[nH]2. The van der Waals surface area contributed by atoms with Crippen molar-refractivity contribution in [2.75, 3.05) is 19.0 Å². The number of methoxy groups -OCH3 is 1. The van der Waals surface area contributed by atoms with E-state index in [1.807, 2.05) is 18.2 Å². The van der Waals surface area contributed by atoms with Crippen LogP contribution in [-0.2, 0) is 19.1 Å². The highest BCUT2D eigenvalue weighted by Crippen LogP contribution is 2.29. The number of benzene rings is 2. The van der Waals surface area contributed by atoms with Crippen molar-refractivity contribution in [2.45, 2.75) is 38.6 Å². The molecule has 1 aliphatic heterocycles. The van der Waals surface area contributed by atoms with E-state index in [4.69, 9.17) is 16.3 Å². The Kier molecular flexibility index (Phi) is 11.0. The lowest BCUT2D eigenvalue weighted by atomic mass is 10.1. The van der Waals surface area contributed by atoms with Gasteiger partial charge >= 0.3 is 12.1 Å². The number of ether oxygens (including phenoxy) is 2. The Balaban J connectivity index is 0.000000641. The molecule has 1 aliphatic rings. The maximum Gasteiger partial charge on any atom is 0.411 e. The Labute approximate surface area is 252 Å². The molecule has 0 saturated heterocycles. The number of para-hydroxylation sites is 1. The van der Waals surface area contributed by atoms with Crippen molar-refractivity contribution in [3.63, 3.8) is 0 Å². The van der Waals surface area contributed by atoms with Crippen molar-refractivity contribution in [3.05, 3.63) is 77.5 Å². The molecule has 5 rings (SSSR count). The summed E-state index contributed by atoms with van der Waals surface area (Å²) in [5.74, 6) is 0.161. The first-order valence-corrected chi connectivity index (χ1v) is 13.9. The fourth-order valence-electron chi connectivity index (χ4n) is 4.19. The van der Waals surface area contributed by atoms with Crippen LogP contribution in [0.5, 0.6) is 0 Å². The molecule has 0 fully saturated rings. The molecule has 0 unspecified atom stereocenters. The van der Waals surface area contributed by atoms with Gasteiger partial charge in [0, 0.05) is 28.6 Å². The van der Waals surface area contributed by atoms with Crippen molar-refractivity contribution < 1.29 is 23.9 Å². The number of nitrogens with one attached hydrogen (secondary N) is 3. The molecule has 1 atom stereocenters. The Morgan fingerprint density at radius 2 is 2.07 bits per heavy atom. The van der Waals surface area contributed by atoms with E-state index in [-0.39, 0.29) is 24.5 Å². The van der Waals surface area contributed by atoms with Gasteiger partial charge in [0.1, 0.15) is 12.2 Å². The molecule has 13 nitrogen and oxygen atoms in total. The van der Waals surface area contributed by atoms with Crippen LogP contribution in [0.3, 0.4) is 0 Å². The van der Waals surface area contributed by atoms with Crippen LogP contribution >= 0.6 is 11.6 Å². The molecule has 0 saturated carbocycles. The highest BCUT2D eigenvalue weighted by atomic mass is 35.5. The number of rotatable bonds is 5. The van der Waals surface area contributed by atoms with Gasteiger partial charge in [-0.05, 0) is 60.0 Å². The molecule has 14 heteroatoms. The maximum absolute atomic E-state index is 13.0. The molecule has 224 valence electrons. The highest BCUT2D eigenvalue weighted by molar-refractivity contribution is 6.30. The summed E-state index contributed by atoms with van der Waals surface area (Å²) in [4.78, 5) is 42.9. The van der Waals surface area contributed by atoms with E-state index in [1.54, 1.807) is 43.5 Å². The average molecular weight is 607 g/mol. The van der Waals surface area contributed by atoms with E-state index in [2.05, 4.69) is 40.9 Å². The zero-order valence-corrected chi connectivity index (χ0v) is 24.4. The Hall–Kier alpha value is -5.04. The van der Waals surface area contributed by atoms with E-state index < -0.39 is 6.09 Å². The van der Waals surface area contributed by atoms with Gasteiger partial charge in [0.2, 0.25) is 5.91 Å². The van der Waals surface area contributed by atoms with E-state index in [9.17, 15) is 14.4 Å². The third-order valence-electron chi connectivity index (χ3n) is 6.33. The van der Waals surface area contributed by atoms with Crippen LogP contribution < -0.4 is 10.6 Å². The molecule has 4 aromatic rings. The molecule has 2 amide bonds. The van der Waals surface area contributed by atoms with E-state index >= 15 is 0 Å². The van der Waals surface area contributed by atoms with Gasteiger partial charge in [-0.2, -0.15) is 4.68 Å². The minimum atomic E-state index is -0.511. The van der Waals surface area contributed by atoms with Crippen LogP contribution in [0.4, 0.5) is 10.5 Å². The molecule has 3 N–H and O–H groups in total. The van der Waals surface area contributed by atoms with E-state index in [0.29, 0.717) is 59.2 Å². The molecule has 43 heavy (non-hydrogen) atoms. The number of anilines is 1. The topological polar surface area (TPSA) is 166 Å². The van der Waals surface area contributed by atoms with Crippen LogP contribution in [0.25, 0.3) is 23.0 Å². The van der Waals surface area contributed by atoms with Crippen molar-refractivity contribution >= 4 is 41.3 Å². The molecule has 3 heterocycles. The minimum Gasteiger partial charge on any atom is -0.469 e. The van der Waals surface area contributed by atoms with Gasteiger partial charge in [0.05, 0.1) is 43.0 Å². The molecule has 2 aromatic heterocycles. The first-order valence-electron chi connectivity index (χ1n) is 13.5. The number of nitrogens with zero attached hydrogens (tertiary/aromatic N) is 5. The van der Waals surface area contributed by atoms with Crippen LogP contribution in [0.2, 0.25) is 5.02 Å². The number of carbonyl (C=O) groups excluding carboxylic acids is 3. The summed E-state index contributed by atoms with van der Waals surface area (Å²) < 4.78 is 11.1. The second-order valence-electron chi connectivity index (χ2n) is 9.27. The number of tetrazole rings is 1. The number of esters is 1. The van der Waals surface area contributed by atoms with Gasteiger partial charge in [-0.3, -0.25) is 14.9 Å². The molecule has 0 spiro atoms. The van der Waals surface area contributed by atoms with E-state index in [1.165, 1.54) is 24.2 Å². The number of aromatic nitrogens is 6. The quantitative estimate of drug-likeness (QED) is 0.212. The van der Waals surface area contributed by atoms with Gasteiger partial charge in [0.15, 0.2) is 0 Å². The number of fused-ring (bicyclic) bond motifs is 4. The van der Waals surface area contributed by atoms with Crippen LogP contribution in [0.15, 0.2) is 61.1 Å². The van der Waals surface area contributed by atoms with Crippen LogP contribution in [0.1, 0.15) is 50.0 Å². The van der Waals surface area contributed by atoms with Crippen molar-refractivity contribution in [1.82, 2.24) is 35.5 Å². The minimum absolute atomic E-state index is 0.157. The number of hydrogen-bond acceptors (Lipinski definition) is 9. The Bertz CT molecular complexity index is 1560. The Morgan fingerprint density at radius 3 is 2.81 bits per heavy atom. The number of H-pyrrole nitrogens is 1. The zero-order valence-electron chi connectivity index (χ0n) is 23.6. The maximum atomic E-state index is 13.0. The molecule has 0 radical (unpaired) electrons. The Morgan fingerprint density at radius 1 is 1.23 bits per heavy atom. The van der Waals surface area contributed by atoms with Gasteiger partial charge in [0.25, 0.3) is 0 Å². The van der Waals surface area contributed by atoms with Gasteiger partial charge in [-0.1, -0.05) is 36.7 Å². The number of hydrogen-bond donors (Lipinski definition) is 3. The normalized spacial score (nSPS) is 14.9. The van der Waals surface area contributed by atoms with Crippen molar-refractivity contribution in [1.29, 1.82) is 0 Å². The summed E-state index contributed by atoms with van der Waals surface area (Å²) in [7, 11) is 1.38. The van der Waals surface area contributed by atoms with E-state index in [0.717, 1.165) is 5.56 Å². The molecule has 2 aromatic carbocycles. The van der Waals surface area contributed by atoms with Crippen molar-refractivity contribution in [2.24, 2.45) is 0 Å². The number of amides is 2. The second-order valence-corrected chi connectivity index (χ2v) is 9.70. The number of carbonyl (C=O) groups is 3. The molecular weight excluding hydrogens is 576 g/mol. The summed E-state index contributed by atoms with van der Waals surface area (Å²) >= 11 is 6.17. The standard InChI is InChI=1S/C25H23ClN8O3.C4H8O2/c26-17-9-10-22(34-15-28-32-33-34)16(13-17)8-11-23(35)29-20-7-3-4-12-37-25(36)31-19-6-2-1-5-18(19)21-14-27-24(20)30-21;1-3-4(5)6-2/h1-2,5-6,8-11,13-15,20H,3-4,7,12H2,(H,27,30)(H,29,35)(H,31,36);3H2,1-2H3/b11-8+;/t20-;/m0./s1. The lowest BCUT2D eigenvalue weighted by Gasteiger charge is -2.16. The van der Waals surface area contributed by atoms with Gasteiger partial charge in [-0.25, -0.2) is 9.78 Å². The number of aromatic amines is 1. The van der Waals surface area contributed by atoms with Crippen LogP contribution in [-0.4, -0.2) is 61.9 Å². The average Bonchev–Trinajstić information content (AvgIpc) is 3.73. The summed E-state index contributed by atoms with van der Waals surface area (Å²) in [6, 6.07) is 12.2. The number of imidazole rings is 1. The fourth-order valence-corrected chi connectivity index (χ4v) is 4.37. The third kappa shape index (κ3) is 8.72. The lowest BCUT2D eigenvalue weighted by Crippen LogP contribution is -2.27. The van der Waals surface area contributed by atoms with Crippen LogP contribution in [0, 0.1) is 0 Å².